The lowest BCUT2D eigenvalue weighted by molar-refractivity contribution is 0.180. The van der Waals surface area contributed by atoms with Crippen LogP contribution in [0.2, 0.25) is 0 Å². The molecular formula is C63H108FN17O2. The molecule has 0 aliphatic carbocycles. The number of guanidine groups is 3. The van der Waals surface area contributed by atoms with Crippen LogP contribution >= 0.6 is 0 Å². The third-order valence-electron chi connectivity index (χ3n) is 14.0. The van der Waals surface area contributed by atoms with Crippen LogP contribution in [0.4, 0.5) is 16.0 Å². The highest BCUT2D eigenvalue weighted by Gasteiger charge is 2.18. The first-order chi connectivity index (χ1) is 39.7. The quantitative estimate of drug-likeness (QED) is 0.0841. The monoisotopic (exact) mass is 1150 g/mol. The first-order valence-electron chi connectivity index (χ1n) is 31.4. The molecule has 83 heavy (non-hydrogen) atoms. The van der Waals surface area contributed by atoms with Crippen molar-refractivity contribution in [3.63, 3.8) is 0 Å². The highest BCUT2D eigenvalue weighted by Crippen LogP contribution is 2.27. The number of fused-ring (bicyclic) bond motifs is 4. The number of hydrogen-bond donors (Lipinski definition) is 9. The molecule has 0 fully saturated rings. The Kier molecular flexibility index (Phi) is 29.2. The second-order valence-electron chi connectivity index (χ2n) is 24.4. The topological polar surface area (TPSA) is 224 Å². The number of alkyl halides is 1. The van der Waals surface area contributed by atoms with Gasteiger partial charge in [0, 0.05) is 101 Å². The fourth-order valence-electron chi connectivity index (χ4n) is 9.27. The Hall–Kier alpha value is -6.18. The number of ether oxygens (including phenoxy) is 1. The van der Waals surface area contributed by atoms with Gasteiger partial charge < -0.3 is 61.5 Å². The predicted octanol–water partition coefficient (Wildman–Crippen LogP) is 9.57. The molecule has 20 heteroatoms. The molecule has 0 saturated heterocycles. The van der Waals surface area contributed by atoms with E-state index in [2.05, 4.69) is 194 Å². The Morgan fingerprint density at radius 3 is 1.54 bits per heavy atom. The minimum Gasteiger partial charge on any atom is -0.490 e. The molecule has 19 nitrogen and oxygen atoms in total. The second-order valence-corrected chi connectivity index (χ2v) is 24.4. The number of aryl methyl sites for hydroxylation is 5. The summed E-state index contributed by atoms with van der Waals surface area (Å²) in [5.74, 6) is 10.1. The summed E-state index contributed by atoms with van der Waals surface area (Å²) in [4.78, 5) is 30.7. The highest BCUT2D eigenvalue weighted by molar-refractivity contribution is 5.81. The van der Waals surface area contributed by atoms with Gasteiger partial charge in [-0.15, -0.1) is 0 Å². The summed E-state index contributed by atoms with van der Waals surface area (Å²) < 4.78 is 22.7. The van der Waals surface area contributed by atoms with Gasteiger partial charge in [0.2, 0.25) is 0 Å². The molecule has 7 aliphatic heterocycles. The Bertz CT molecular complexity index is 2440. The minimum atomic E-state index is -0.826. The summed E-state index contributed by atoms with van der Waals surface area (Å²) >= 11 is 0. The summed E-state index contributed by atoms with van der Waals surface area (Å²) in [5.41, 5.74) is 6.19. The average molecular weight is 1150 g/mol. The summed E-state index contributed by atoms with van der Waals surface area (Å²) in [5, 5.41) is 34.2. The highest BCUT2D eigenvalue weighted by atomic mass is 19.1. The number of aliphatic hydroxyl groups is 1. The van der Waals surface area contributed by atoms with Gasteiger partial charge in [-0.1, -0.05) is 61.5 Å². The third-order valence-corrected chi connectivity index (χ3v) is 14.0. The van der Waals surface area contributed by atoms with Gasteiger partial charge in [0.15, 0.2) is 29.4 Å². The predicted molar refractivity (Wildman–Crippen MR) is 342 cm³/mol. The molecule has 0 saturated carbocycles. The molecule has 0 aromatic carbocycles. The first kappa shape index (κ1) is 67.6. The number of β-amino-alcohol motifs (C(OH)–C–C–N with tert-alkyl or cyclic N) is 1. The van der Waals surface area contributed by atoms with Crippen LogP contribution < -0.4 is 47.3 Å². The van der Waals surface area contributed by atoms with Gasteiger partial charge >= 0.3 is 0 Å². The zero-order chi connectivity index (χ0) is 60.3. The van der Waals surface area contributed by atoms with Crippen LogP contribution in [0.5, 0.6) is 5.75 Å². The minimum absolute atomic E-state index is 0.280. The number of aromatic nitrogens is 6. The standard InChI is InChI=1S/C12H18N2.C11H16N2O.C10H16N2.C9H14N2.C7H14FN3.C7H15N3O.C7H15N3/c1-9(2)11-7-6-10-5-3-4-8-13-12(10)14-11;1-8(2)9-4-5-10-11(13-9)12-6-3-7-14-10;1-8(2)9-7-12-6-4-3-5-10(12)11-9;1-7(2)8-6-11-5-3-4-9(11)10-8;1-5(2)11-7-9-3-6(8)4-10-7;1-5(2)10-7-8-3-6(11)4-9-7;1-6(2)10-7-8-4-3-5-9-7/h6-7,9H,3-5,8H2,1-2H3,(H,13,14);4-5,8H,3,6-7H2,1-2H3,(H,12,13);7-8H,3-6H2,1-2H3;6-7H,3-5H2,1-2H3;5-6H,3-4H2,1-2H3,(H2,9,10,11);5-6,11H,3-4H2,1-2H3,(H2,8,9,10);6H,3-5H2,1-2H3,(H2,8,9,10). The van der Waals surface area contributed by atoms with Crippen molar-refractivity contribution in [2.45, 2.75) is 228 Å². The molecule has 2 unspecified atom stereocenters. The van der Waals surface area contributed by atoms with Crippen molar-refractivity contribution in [2.24, 2.45) is 15.0 Å². The van der Waals surface area contributed by atoms with Crippen LogP contribution in [0.1, 0.15) is 206 Å². The molecule has 4 aromatic rings. The number of imidazole rings is 2. The molecule has 11 rings (SSSR count). The van der Waals surface area contributed by atoms with Crippen LogP contribution in [-0.2, 0) is 32.4 Å². The third kappa shape index (κ3) is 24.9. The van der Waals surface area contributed by atoms with E-state index in [0.717, 1.165) is 80.6 Å². The Labute approximate surface area is 498 Å². The van der Waals surface area contributed by atoms with E-state index in [1.54, 1.807) is 0 Å². The molecule has 4 aromatic heterocycles. The van der Waals surface area contributed by atoms with Crippen molar-refractivity contribution in [2.75, 3.05) is 69.6 Å². The fourth-order valence-corrected chi connectivity index (χ4v) is 9.27. The van der Waals surface area contributed by atoms with Crippen molar-refractivity contribution in [1.29, 1.82) is 0 Å². The van der Waals surface area contributed by atoms with E-state index < -0.39 is 6.17 Å². The van der Waals surface area contributed by atoms with Gasteiger partial charge in [0.05, 0.1) is 43.7 Å². The van der Waals surface area contributed by atoms with Gasteiger partial charge in [0.1, 0.15) is 23.6 Å². The summed E-state index contributed by atoms with van der Waals surface area (Å²) in [6, 6.07) is 9.65. The van der Waals surface area contributed by atoms with E-state index in [-0.39, 0.29) is 12.6 Å². The van der Waals surface area contributed by atoms with Gasteiger partial charge in [-0.2, -0.15) is 0 Å². The number of aliphatic hydroxyl groups excluding tert-OH is 1. The lowest BCUT2D eigenvalue weighted by Crippen LogP contribution is -2.48. The van der Waals surface area contributed by atoms with Crippen LogP contribution in [-0.4, -0.2) is 141 Å². The molecule has 9 N–H and O–H groups in total. The molecule has 11 heterocycles. The van der Waals surface area contributed by atoms with Crippen molar-refractivity contribution in [3.05, 3.63) is 76.6 Å². The maximum absolute atomic E-state index is 12.5. The number of halogens is 1. The molecule has 0 radical (unpaired) electrons. The lowest BCUT2D eigenvalue weighted by Gasteiger charge is -2.21. The zero-order valence-electron chi connectivity index (χ0n) is 53.3. The molecule has 0 amide bonds. The SMILES string of the molecule is CC(C)NC1=NCC(F)CN1.CC(C)NC1=NCC(O)CN1.CC(C)NC1=NCCCN1.CC(C)c1ccc2c(n1)NCCCC2.CC(C)c1ccc2c(n1)NCCCO2.CC(C)c1cn2c(n1)CCC2.CC(C)c1cn2c(n1)CCCC2. The Morgan fingerprint density at radius 1 is 0.506 bits per heavy atom. The summed E-state index contributed by atoms with van der Waals surface area (Å²) in [6.07, 6.45) is 15.4. The number of nitrogens with one attached hydrogen (secondary N) is 8. The molecular weight excluding hydrogens is 1050 g/mol. The van der Waals surface area contributed by atoms with Crippen LogP contribution in [0.15, 0.2) is 51.6 Å². The van der Waals surface area contributed by atoms with Gasteiger partial charge in [0.25, 0.3) is 0 Å². The number of aliphatic imine (C=N–C) groups is 3. The molecule has 7 aliphatic rings. The molecule has 464 valence electrons. The van der Waals surface area contributed by atoms with Crippen LogP contribution in [0.25, 0.3) is 0 Å². The van der Waals surface area contributed by atoms with Crippen molar-refractivity contribution in [1.82, 2.24) is 61.0 Å². The van der Waals surface area contributed by atoms with E-state index in [1.165, 1.54) is 98.8 Å². The van der Waals surface area contributed by atoms with E-state index in [0.29, 0.717) is 67.4 Å². The lowest BCUT2D eigenvalue weighted by atomic mass is 10.1. The smallest absolute Gasteiger partial charge is 0.191 e. The van der Waals surface area contributed by atoms with Crippen LogP contribution in [0.3, 0.4) is 0 Å². The average Bonchev–Trinajstić information content (AvgIpc) is 4.37. The molecule has 0 bridgehead atoms. The molecule has 0 spiro atoms. The number of rotatable bonds is 7. The Balaban J connectivity index is 0.000000178. The van der Waals surface area contributed by atoms with Crippen LogP contribution in [0, 0.1) is 0 Å². The van der Waals surface area contributed by atoms with E-state index in [9.17, 15) is 4.39 Å². The van der Waals surface area contributed by atoms with Crippen molar-refractivity contribution >= 4 is 29.5 Å². The number of hydrogen-bond acceptors (Lipinski definition) is 17. The first-order valence-corrected chi connectivity index (χ1v) is 31.4. The number of anilines is 2. The Morgan fingerprint density at radius 2 is 1.01 bits per heavy atom. The van der Waals surface area contributed by atoms with E-state index in [1.807, 2.05) is 26.0 Å². The molecule has 2 atom stereocenters. The zero-order valence-corrected chi connectivity index (χ0v) is 53.3. The number of pyridine rings is 2. The summed E-state index contributed by atoms with van der Waals surface area (Å²) in [7, 11) is 0. The van der Waals surface area contributed by atoms with Crippen molar-refractivity contribution < 1.29 is 14.2 Å². The maximum atomic E-state index is 12.5. The normalized spacial score (nSPS) is 18.4. The summed E-state index contributed by atoms with van der Waals surface area (Å²) in [6.45, 7) is 38.7. The van der Waals surface area contributed by atoms with E-state index in [4.69, 9.17) is 9.84 Å². The van der Waals surface area contributed by atoms with Gasteiger partial charge in [-0.05, 0) is 140 Å². The van der Waals surface area contributed by atoms with E-state index >= 15 is 0 Å². The van der Waals surface area contributed by atoms with Gasteiger partial charge in [-0.25, -0.2) is 24.3 Å². The maximum Gasteiger partial charge on any atom is 0.191 e. The second kappa shape index (κ2) is 35.8. The van der Waals surface area contributed by atoms with Crippen molar-refractivity contribution in [3.8, 4) is 5.75 Å². The largest absolute Gasteiger partial charge is 0.490 e. The fraction of sp³-hybridized carbons (Fsp3) is 0.698. The number of nitrogens with zero attached hydrogens (tertiary/aromatic N) is 9. The van der Waals surface area contributed by atoms with Gasteiger partial charge in [-0.3, -0.25) is 15.0 Å².